The second-order valence-corrected chi connectivity index (χ2v) is 6.23. The van der Waals surface area contributed by atoms with E-state index in [2.05, 4.69) is 41.8 Å². The van der Waals surface area contributed by atoms with E-state index in [1.54, 1.807) is 0 Å². The maximum atomic E-state index is 11.9. The fourth-order valence-corrected chi connectivity index (χ4v) is 2.21. The lowest BCUT2D eigenvalue weighted by molar-refractivity contribution is -0.119. The molecule has 0 aliphatic carbocycles. The van der Waals surface area contributed by atoms with Gasteiger partial charge in [0.15, 0.2) is 0 Å². The molecule has 2 rings (SSSR count). The van der Waals surface area contributed by atoms with Gasteiger partial charge in [0.05, 0.1) is 12.3 Å². The van der Waals surface area contributed by atoms with E-state index in [1.807, 2.05) is 50.2 Å². The normalized spacial score (nSPS) is 11.5. The molecule has 0 atom stereocenters. The first-order valence-corrected chi connectivity index (χ1v) is 8.19. The Balaban J connectivity index is 1.86. The van der Waals surface area contributed by atoms with Crippen LogP contribution in [0.1, 0.15) is 43.4 Å². The predicted octanol–water partition coefficient (Wildman–Crippen LogP) is 4.07. The Morgan fingerprint density at radius 2 is 1.67 bits per heavy atom. The van der Waals surface area contributed by atoms with Crippen LogP contribution in [0.4, 0.5) is 5.69 Å². The lowest BCUT2D eigenvalue weighted by Gasteiger charge is -2.08. The summed E-state index contributed by atoms with van der Waals surface area (Å²) in [6, 6.07) is 16.2. The number of nitrogens with zero attached hydrogens (tertiary/aromatic N) is 1. The highest BCUT2D eigenvalue weighted by molar-refractivity contribution is 5.99. The first-order chi connectivity index (χ1) is 11.5. The molecule has 0 aliphatic rings. The van der Waals surface area contributed by atoms with Crippen molar-refractivity contribution < 1.29 is 4.79 Å². The number of carbonyl (C=O) groups excluding carboxylic acids is 1. The highest BCUT2D eigenvalue weighted by Gasteiger charge is 2.03. The van der Waals surface area contributed by atoms with E-state index in [0.29, 0.717) is 5.92 Å². The summed E-state index contributed by atoms with van der Waals surface area (Å²) >= 11 is 0. The third kappa shape index (κ3) is 5.23. The van der Waals surface area contributed by atoms with Gasteiger partial charge in [-0.25, -0.2) is 5.43 Å². The number of hydrogen-bond donors (Lipinski definition) is 2. The SMILES string of the molecule is C/C(=N\NC(=O)CNc1ccc(C)cc1)c1ccc(C(C)C)cc1. The van der Waals surface area contributed by atoms with Gasteiger partial charge in [0.2, 0.25) is 0 Å². The maximum Gasteiger partial charge on any atom is 0.259 e. The van der Waals surface area contributed by atoms with E-state index in [0.717, 1.165) is 17.0 Å². The number of amides is 1. The van der Waals surface area contributed by atoms with Crippen LogP contribution in [0.3, 0.4) is 0 Å². The van der Waals surface area contributed by atoms with Crippen LogP contribution in [0.2, 0.25) is 0 Å². The number of rotatable bonds is 6. The first kappa shape index (κ1) is 17.7. The van der Waals surface area contributed by atoms with Gasteiger partial charge < -0.3 is 5.32 Å². The standard InChI is InChI=1S/C20H25N3O/c1-14(2)17-7-9-18(10-8-17)16(4)22-23-20(24)13-21-19-11-5-15(3)6-12-19/h5-12,14,21H,13H2,1-4H3,(H,23,24)/b22-16+. The molecule has 2 aromatic carbocycles. The van der Waals surface area contributed by atoms with Crippen LogP contribution < -0.4 is 10.7 Å². The number of aryl methyl sites for hydroxylation is 1. The summed E-state index contributed by atoms with van der Waals surface area (Å²) in [4.78, 5) is 11.9. The van der Waals surface area contributed by atoms with Gasteiger partial charge in [0.1, 0.15) is 0 Å². The summed E-state index contributed by atoms with van der Waals surface area (Å²) in [7, 11) is 0. The molecule has 0 bridgehead atoms. The van der Waals surface area contributed by atoms with Crippen molar-refractivity contribution in [3.8, 4) is 0 Å². The van der Waals surface area contributed by atoms with Gasteiger partial charge in [-0.15, -0.1) is 0 Å². The third-order valence-electron chi connectivity index (χ3n) is 3.85. The van der Waals surface area contributed by atoms with Crippen molar-refractivity contribution in [1.82, 2.24) is 5.43 Å². The van der Waals surface area contributed by atoms with Gasteiger partial charge in [-0.2, -0.15) is 5.10 Å². The molecule has 1 amide bonds. The molecule has 2 N–H and O–H groups in total. The summed E-state index contributed by atoms with van der Waals surface area (Å²) in [5.74, 6) is 0.331. The molecule has 4 heteroatoms. The van der Waals surface area contributed by atoms with Gasteiger partial charge in [0, 0.05) is 5.69 Å². The molecule has 0 unspecified atom stereocenters. The van der Waals surface area contributed by atoms with Crippen LogP contribution in [0.25, 0.3) is 0 Å². The Bertz CT molecular complexity index is 701. The summed E-state index contributed by atoms with van der Waals surface area (Å²) in [6.07, 6.45) is 0. The topological polar surface area (TPSA) is 53.5 Å². The van der Waals surface area contributed by atoms with Crippen molar-refractivity contribution in [1.29, 1.82) is 0 Å². The zero-order valence-corrected chi connectivity index (χ0v) is 14.8. The molecule has 0 saturated heterocycles. The van der Waals surface area contributed by atoms with Crippen molar-refractivity contribution in [2.45, 2.75) is 33.6 Å². The molecule has 126 valence electrons. The zero-order valence-electron chi connectivity index (χ0n) is 14.8. The van der Waals surface area contributed by atoms with E-state index in [1.165, 1.54) is 11.1 Å². The largest absolute Gasteiger partial charge is 0.376 e. The van der Waals surface area contributed by atoms with Crippen molar-refractivity contribution in [2.24, 2.45) is 5.10 Å². The second kappa shape index (κ2) is 8.29. The molecule has 4 nitrogen and oxygen atoms in total. The molecule has 0 heterocycles. The van der Waals surface area contributed by atoms with Crippen LogP contribution >= 0.6 is 0 Å². The van der Waals surface area contributed by atoms with E-state index < -0.39 is 0 Å². The van der Waals surface area contributed by atoms with Crippen LogP contribution in [0.5, 0.6) is 0 Å². The number of hydrazone groups is 1. The van der Waals surface area contributed by atoms with Crippen LogP contribution in [0.15, 0.2) is 53.6 Å². The minimum atomic E-state index is -0.172. The van der Waals surface area contributed by atoms with Crippen molar-refractivity contribution in [3.63, 3.8) is 0 Å². The molecule has 0 fully saturated rings. The van der Waals surface area contributed by atoms with Crippen LogP contribution in [0, 0.1) is 6.92 Å². The number of benzene rings is 2. The minimum absolute atomic E-state index is 0.172. The molecule has 2 aromatic rings. The first-order valence-electron chi connectivity index (χ1n) is 8.19. The maximum absolute atomic E-state index is 11.9. The van der Waals surface area contributed by atoms with Gasteiger partial charge >= 0.3 is 0 Å². The number of hydrogen-bond acceptors (Lipinski definition) is 3. The third-order valence-corrected chi connectivity index (χ3v) is 3.85. The summed E-state index contributed by atoms with van der Waals surface area (Å²) in [5.41, 5.74) is 7.77. The monoisotopic (exact) mass is 323 g/mol. The Hall–Kier alpha value is -2.62. The minimum Gasteiger partial charge on any atom is -0.376 e. The number of anilines is 1. The van der Waals surface area contributed by atoms with Gasteiger partial charge in [-0.3, -0.25) is 4.79 Å². The zero-order chi connectivity index (χ0) is 17.5. The van der Waals surface area contributed by atoms with Crippen LogP contribution in [-0.4, -0.2) is 18.2 Å². The molecule has 0 spiro atoms. The second-order valence-electron chi connectivity index (χ2n) is 6.23. The molecule has 24 heavy (non-hydrogen) atoms. The van der Waals surface area contributed by atoms with E-state index in [9.17, 15) is 4.79 Å². The summed E-state index contributed by atoms with van der Waals surface area (Å²) < 4.78 is 0. The smallest absolute Gasteiger partial charge is 0.259 e. The molecule has 0 saturated carbocycles. The van der Waals surface area contributed by atoms with Crippen LogP contribution in [-0.2, 0) is 4.79 Å². The van der Waals surface area contributed by atoms with E-state index in [-0.39, 0.29) is 12.5 Å². The Labute approximate surface area is 144 Å². The fraction of sp³-hybridized carbons (Fsp3) is 0.300. The average Bonchev–Trinajstić information content (AvgIpc) is 2.59. The van der Waals surface area contributed by atoms with E-state index in [4.69, 9.17) is 0 Å². The average molecular weight is 323 g/mol. The lowest BCUT2D eigenvalue weighted by atomic mass is 10.0. The highest BCUT2D eigenvalue weighted by atomic mass is 16.2. The van der Waals surface area contributed by atoms with Gasteiger partial charge in [-0.1, -0.05) is 55.8 Å². The Morgan fingerprint density at radius 3 is 2.25 bits per heavy atom. The molecular formula is C20H25N3O. The fourth-order valence-electron chi connectivity index (χ4n) is 2.21. The van der Waals surface area contributed by atoms with Crippen molar-refractivity contribution in [3.05, 3.63) is 65.2 Å². The molecule has 0 aliphatic heterocycles. The summed E-state index contributed by atoms with van der Waals surface area (Å²) in [5, 5.41) is 7.25. The van der Waals surface area contributed by atoms with Gasteiger partial charge in [-0.05, 0) is 43.0 Å². The lowest BCUT2D eigenvalue weighted by Crippen LogP contribution is -2.26. The predicted molar refractivity (Wildman–Crippen MR) is 101 cm³/mol. The highest BCUT2D eigenvalue weighted by Crippen LogP contribution is 2.15. The van der Waals surface area contributed by atoms with Crippen molar-refractivity contribution >= 4 is 17.3 Å². The molecular weight excluding hydrogens is 298 g/mol. The molecule has 0 radical (unpaired) electrons. The summed E-state index contributed by atoms with van der Waals surface area (Å²) in [6.45, 7) is 8.43. The van der Waals surface area contributed by atoms with E-state index >= 15 is 0 Å². The Kier molecular flexibility index (Phi) is 6.13. The van der Waals surface area contributed by atoms with Crippen molar-refractivity contribution in [2.75, 3.05) is 11.9 Å². The Morgan fingerprint density at radius 1 is 1.04 bits per heavy atom. The molecule has 0 aromatic heterocycles. The number of nitrogens with one attached hydrogen (secondary N) is 2. The number of carbonyl (C=O) groups is 1. The van der Waals surface area contributed by atoms with Gasteiger partial charge in [0.25, 0.3) is 5.91 Å². The quantitative estimate of drug-likeness (QED) is 0.622.